The van der Waals surface area contributed by atoms with E-state index in [0.717, 1.165) is 25.7 Å². The summed E-state index contributed by atoms with van der Waals surface area (Å²) in [5.41, 5.74) is 0. The molecule has 0 aromatic carbocycles. The van der Waals surface area contributed by atoms with Crippen LogP contribution >= 0.6 is 0 Å². The van der Waals surface area contributed by atoms with Gasteiger partial charge >= 0.3 is 11.9 Å². The summed E-state index contributed by atoms with van der Waals surface area (Å²) < 4.78 is 0. The molecule has 4 heteroatoms. The summed E-state index contributed by atoms with van der Waals surface area (Å²) >= 11 is 0. The topological polar surface area (TPSA) is 52.6 Å². The van der Waals surface area contributed by atoms with Crippen LogP contribution in [0.15, 0.2) is 0 Å². The minimum atomic E-state index is -0.463. The Morgan fingerprint density at radius 2 is 0.950 bits per heavy atom. The van der Waals surface area contributed by atoms with Crippen molar-refractivity contribution in [1.82, 2.24) is 0 Å². The van der Waals surface area contributed by atoms with Crippen molar-refractivity contribution in [2.24, 2.45) is 23.7 Å². The van der Waals surface area contributed by atoms with E-state index in [1.807, 2.05) is 0 Å². The molecule has 0 spiro atoms. The first-order chi connectivity index (χ1) is 9.23. The van der Waals surface area contributed by atoms with Gasteiger partial charge in [0.2, 0.25) is 0 Å². The third kappa shape index (κ3) is 8.94. The van der Waals surface area contributed by atoms with E-state index < -0.39 is 11.9 Å². The second-order valence-electron chi connectivity index (χ2n) is 6.55. The van der Waals surface area contributed by atoms with Crippen LogP contribution in [-0.4, -0.2) is 11.9 Å². The van der Waals surface area contributed by atoms with Gasteiger partial charge in [-0.3, -0.25) is 0 Å². The molecule has 0 amide bonds. The average Bonchev–Trinajstić information content (AvgIpc) is 2.38. The van der Waals surface area contributed by atoms with Crippen molar-refractivity contribution in [2.45, 2.75) is 67.2 Å². The molecule has 2 unspecified atom stereocenters. The van der Waals surface area contributed by atoms with Gasteiger partial charge in [0.25, 0.3) is 0 Å². The lowest BCUT2D eigenvalue weighted by atomic mass is 9.99. The summed E-state index contributed by atoms with van der Waals surface area (Å²) in [4.78, 5) is 32.6. The Morgan fingerprint density at radius 3 is 1.20 bits per heavy atom. The molecule has 118 valence electrons. The van der Waals surface area contributed by atoms with Crippen molar-refractivity contribution >= 4 is 11.9 Å². The van der Waals surface area contributed by atoms with Gasteiger partial charge in [-0.2, -0.15) is 0 Å². The Labute approximate surface area is 123 Å². The van der Waals surface area contributed by atoms with Crippen molar-refractivity contribution in [3.63, 3.8) is 0 Å². The normalized spacial score (nSPS) is 14.2. The molecule has 4 nitrogen and oxygen atoms in total. The zero-order valence-electron chi connectivity index (χ0n) is 13.8. The van der Waals surface area contributed by atoms with Crippen LogP contribution in [0.5, 0.6) is 0 Å². The molecule has 0 rings (SSSR count). The fraction of sp³-hybridized carbons (Fsp3) is 0.875. The van der Waals surface area contributed by atoms with E-state index in [4.69, 9.17) is 0 Å². The van der Waals surface area contributed by atoms with E-state index in [-0.39, 0.29) is 11.8 Å². The zero-order valence-corrected chi connectivity index (χ0v) is 13.8. The lowest BCUT2D eigenvalue weighted by Gasteiger charge is -2.13. The maximum atomic E-state index is 11.6. The van der Waals surface area contributed by atoms with Crippen LogP contribution < -0.4 is 0 Å². The van der Waals surface area contributed by atoms with E-state index in [1.54, 1.807) is 13.8 Å². The standard InChI is InChI=1S/C16H30O4/c1-11(2)7-9-13(5)15(17)19-20-16(18)14(6)10-8-12(3)4/h11-14H,7-10H2,1-6H3. The lowest BCUT2D eigenvalue weighted by molar-refractivity contribution is -0.265. The van der Waals surface area contributed by atoms with Crippen molar-refractivity contribution in [1.29, 1.82) is 0 Å². The van der Waals surface area contributed by atoms with Gasteiger partial charge in [0.05, 0.1) is 11.8 Å². The highest BCUT2D eigenvalue weighted by Gasteiger charge is 2.21. The molecule has 0 aliphatic heterocycles. The van der Waals surface area contributed by atoms with E-state index in [1.165, 1.54) is 0 Å². The summed E-state index contributed by atoms with van der Waals surface area (Å²) in [6.45, 7) is 12.0. The maximum absolute atomic E-state index is 11.6. The third-order valence-corrected chi connectivity index (χ3v) is 3.36. The van der Waals surface area contributed by atoms with Gasteiger partial charge in [0.15, 0.2) is 0 Å². The quantitative estimate of drug-likeness (QED) is 0.497. The van der Waals surface area contributed by atoms with Gasteiger partial charge in [-0.1, -0.05) is 54.4 Å². The Bertz CT molecular complexity index is 267. The Kier molecular flexibility index (Phi) is 9.26. The average molecular weight is 286 g/mol. The molecular formula is C16H30O4. The predicted octanol–water partition coefficient (Wildman–Crippen LogP) is 4.13. The molecule has 0 bridgehead atoms. The summed E-state index contributed by atoms with van der Waals surface area (Å²) in [6.07, 6.45) is 3.40. The van der Waals surface area contributed by atoms with Crippen LogP contribution in [0.2, 0.25) is 0 Å². The summed E-state index contributed by atoms with van der Waals surface area (Å²) in [7, 11) is 0. The molecule has 20 heavy (non-hydrogen) atoms. The smallest absolute Gasteiger partial charge is 0.247 e. The second kappa shape index (κ2) is 9.78. The van der Waals surface area contributed by atoms with Crippen molar-refractivity contribution in [3.05, 3.63) is 0 Å². The molecular weight excluding hydrogens is 256 g/mol. The molecule has 0 radical (unpaired) electrons. The van der Waals surface area contributed by atoms with Crippen LogP contribution in [0.4, 0.5) is 0 Å². The molecule has 0 N–H and O–H groups in total. The monoisotopic (exact) mass is 286 g/mol. The minimum Gasteiger partial charge on any atom is -0.247 e. The molecule has 0 heterocycles. The van der Waals surface area contributed by atoms with E-state index in [9.17, 15) is 9.59 Å². The number of carbonyl (C=O) groups is 2. The molecule has 0 aliphatic carbocycles. The number of carbonyl (C=O) groups excluding carboxylic acids is 2. The highest BCUT2D eigenvalue weighted by Crippen LogP contribution is 2.15. The first-order valence-electron chi connectivity index (χ1n) is 7.66. The number of hydrogen-bond acceptors (Lipinski definition) is 4. The van der Waals surface area contributed by atoms with E-state index in [0.29, 0.717) is 11.8 Å². The molecule has 0 fully saturated rings. The van der Waals surface area contributed by atoms with Crippen LogP contribution in [-0.2, 0) is 19.4 Å². The van der Waals surface area contributed by atoms with Crippen LogP contribution in [0, 0.1) is 23.7 Å². The summed E-state index contributed by atoms with van der Waals surface area (Å²) in [6, 6.07) is 0. The fourth-order valence-corrected chi connectivity index (χ4v) is 1.65. The lowest BCUT2D eigenvalue weighted by Crippen LogP contribution is -2.21. The maximum Gasteiger partial charge on any atom is 0.358 e. The largest absolute Gasteiger partial charge is 0.358 e. The van der Waals surface area contributed by atoms with Crippen LogP contribution in [0.1, 0.15) is 67.2 Å². The fourth-order valence-electron chi connectivity index (χ4n) is 1.65. The first-order valence-corrected chi connectivity index (χ1v) is 7.66. The molecule has 2 atom stereocenters. The van der Waals surface area contributed by atoms with Crippen LogP contribution in [0.25, 0.3) is 0 Å². The Hall–Kier alpha value is -1.06. The van der Waals surface area contributed by atoms with Crippen molar-refractivity contribution in [2.75, 3.05) is 0 Å². The van der Waals surface area contributed by atoms with Crippen molar-refractivity contribution in [3.8, 4) is 0 Å². The predicted molar refractivity (Wildman–Crippen MR) is 78.7 cm³/mol. The molecule has 0 saturated carbocycles. The second-order valence-corrected chi connectivity index (χ2v) is 6.55. The number of rotatable bonds is 8. The highest BCUT2D eigenvalue weighted by molar-refractivity contribution is 5.75. The van der Waals surface area contributed by atoms with Crippen LogP contribution in [0.3, 0.4) is 0 Å². The number of hydrogen-bond donors (Lipinski definition) is 0. The van der Waals surface area contributed by atoms with Gasteiger partial charge in [-0.05, 0) is 24.7 Å². The summed E-state index contributed by atoms with van der Waals surface area (Å²) in [5.74, 6) is -0.315. The molecule has 0 aliphatic rings. The van der Waals surface area contributed by atoms with Crippen molar-refractivity contribution < 1.29 is 19.4 Å². The molecule has 0 saturated heterocycles. The van der Waals surface area contributed by atoms with Gasteiger partial charge in [0, 0.05) is 0 Å². The van der Waals surface area contributed by atoms with Gasteiger partial charge in [-0.25, -0.2) is 19.4 Å². The van der Waals surface area contributed by atoms with E-state index in [2.05, 4.69) is 37.5 Å². The highest BCUT2D eigenvalue weighted by atomic mass is 17.2. The van der Waals surface area contributed by atoms with Gasteiger partial charge < -0.3 is 0 Å². The Balaban J connectivity index is 3.95. The third-order valence-electron chi connectivity index (χ3n) is 3.36. The van der Waals surface area contributed by atoms with Gasteiger partial charge in [0.1, 0.15) is 0 Å². The molecule has 0 aromatic rings. The SMILES string of the molecule is CC(C)CCC(C)C(=O)OOC(=O)C(C)CCC(C)C. The summed E-state index contributed by atoms with van der Waals surface area (Å²) in [5, 5.41) is 0. The Morgan fingerprint density at radius 1 is 0.650 bits per heavy atom. The van der Waals surface area contributed by atoms with E-state index >= 15 is 0 Å². The van der Waals surface area contributed by atoms with Gasteiger partial charge in [-0.15, -0.1) is 0 Å². The first kappa shape index (κ1) is 18.9. The zero-order chi connectivity index (χ0) is 15.7. The minimum absolute atomic E-state index is 0.240. The molecule has 0 aromatic heterocycles.